The molecule has 1 saturated heterocycles. The van der Waals surface area contributed by atoms with Gasteiger partial charge in [-0.05, 0) is 67.8 Å². The zero-order valence-corrected chi connectivity index (χ0v) is 21.2. The molecule has 1 aliphatic heterocycles. The second kappa shape index (κ2) is 10.4. The molecule has 0 aliphatic carbocycles. The molecule has 4 amide bonds. The lowest BCUT2D eigenvalue weighted by molar-refractivity contribution is -0.384. The predicted molar refractivity (Wildman–Crippen MR) is 135 cm³/mol. The van der Waals surface area contributed by atoms with Gasteiger partial charge in [-0.2, -0.15) is 0 Å². The van der Waals surface area contributed by atoms with Crippen LogP contribution in [0.3, 0.4) is 0 Å². The highest BCUT2D eigenvalue weighted by molar-refractivity contribution is 9.11. The highest BCUT2D eigenvalue weighted by atomic mass is 79.9. The largest absolute Gasteiger partial charge is 0.486 e. The van der Waals surface area contributed by atoms with E-state index in [2.05, 4.69) is 37.2 Å². The molecule has 1 aliphatic rings. The highest BCUT2D eigenvalue weighted by Gasteiger charge is 2.37. The summed E-state index contributed by atoms with van der Waals surface area (Å²) in [6, 6.07) is 13.2. The number of nitro groups is 1. The van der Waals surface area contributed by atoms with E-state index in [1.54, 1.807) is 30.3 Å². The number of carbonyl (C=O) groups excluding carboxylic acids is 3. The molecular weight excluding hydrogens is 605 g/mol. The number of anilines is 1. The number of non-ortho nitro benzene ring substituents is 1. The minimum absolute atomic E-state index is 0.0362. The van der Waals surface area contributed by atoms with Gasteiger partial charge in [0.05, 0.1) is 19.6 Å². The normalized spacial score (nSPS) is 14.7. The van der Waals surface area contributed by atoms with Crippen LogP contribution in [0.4, 0.5) is 20.6 Å². The Kier molecular flexibility index (Phi) is 7.27. The molecule has 1 N–H and O–H groups in total. The molecule has 0 atom stereocenters. The first-order valence-electron chi connectivity index (χ1n) is 10.2. The molecule has 3 aromatic carbocycles. The zero-order valence-electron chi connectivity index (χ0n) is 18.0. The van der Waals surface area contributed by atoms with Crippen molar-refractivity contribution in [3.8, 4) is 5.75 Å². The van der Waals surface area contributed by atoms with Crippen LogP contribution in [0.2, 0.25) is 0 Å². The van der Waals surface area contributed by atoms with Crippen molar-refractivity contribution in [1.29, 1.82) is 0 Å². The number of rotatable bonds is 6. The van der Waals surface area contributed by atoms with Crippen molar-refractivity contribution in [2.45, 2.75) is 6.61 Å². The van der Waals surface area contributed by atoms with E-state index in [0.717, 1.165) is 6.07 Å². The standard InChI is InChI=1S/C24H14Br2FN3O6/c25-18-9-13(10-19(26)21(18)36-12-14-4-1-2-7-20(14)27)8-17-22(31)28-24(33)29(23(17)32)15-5-3-6-16(11-15)30(34)35/h1-11H,12H2,(H,28,31,33)/b17-8+. The van der Waals surface area contributed by atoms with Crippen molar-refractivity contribution in [2.24, 2.45) is 0 Å². The fraction of sp³-hybridized carbons (Fsp3) is 0.0417. The molecule has 182 valence electrons. The van der Waals surface area contributed by atoms with Crippen molar-refractivity contribution in [1.82, 2.24) is 5.32 Å². The highest BCUT2D eigenvalue weighted by Crippen LogP contribution is 2.36. The smallest absolute Gasteiger partial charge is 0.335 e. The fourth-order valence-corrected chi connectivity index (χ4v) is 4.82. The minimum atomic E-state index is -1.03. The molecule has 1 heterocycles. The monoisotopic (exact) mass is 617 g/mol. The van der Waals surface area contributed by atoms with Crippen LogP contribution in [0.15, 0.2) is 75.2 Å². The van der Waals surface area contributed by atoms with Gasteiger partial charge in [0.15, 0.2) is 0 Å². The Balaban J connectivity index is 1.63. The van der Waals surface area contributed by atoms with Crippen LogP contribution in [-0.4, -0.2) is 22.8 Å². The Hall–Kier alpha value is -3.90. The molecule has 3 aromatic rings. The number of amides is 4. The second-order valence-electron chi connectivity index (χ2n) is 7.43. The van der Waals surface area contributed by atoms with E-state index in [-0.39, 0.29) is 23.6 Å². The van der Waals surface area contributed by atoms with E-state index in [0.29, 0.717) is 30.7 Å². The number of ether oxygens (including phenoxy) is 1. The Morgan fingerprint density at radius 1 is 1.03 bits per heavy atom. The maximum Gasteiger partial charge on any atom is 0.335 e. The molecule has 0 spiro atoms. The van der Waals surface area contributed by atoms with Gasteiger partial charge in [0.1, 0.15) is 23.7 Å². The maximum absolute atomic E-state index is 13.9. The first kappa shape index (κ1) is 25.2. The summed E-state index contributed by atoms with van der Waals surface area (Å²) >= 11 is 6.75. The molecular formula is C24H14Br2FN3O6. The molecule has 4 rings (SSSR count). The van der Waals surface area contributed by atoms with Crippen LogP contribution < -0.4 is 15.0 Å². The maximum atomic E-state index is 13.9. The number of nitro benzene ring substituents is 1. The Bertz CT molecular complexity index is 1440. The quantitative estimate of drug-likeness (QED) is 0.169. The lowest BCUT2D eigenvalue weighted by Gasteiger charge is -2.26. The number of carbonyl (C=O) groups is 3. The van der Waals surface area contributed by atoms with E-state index >= 15 is 0 Å². The van der Waals surface area contributed by atoms with Crippen LogP contribution in [0.5, 0.6) is 5.75 Å². The van der Waals surface area contributed by atoms with Gasteiger partial charge in [0.2, 0.25) is 0 Å². The third kappa shape index (κ3) is 5.19. The first-order valence-corrected chi connectivity index (χ1v) is 11.8. The van der Waals surface area contributed by atoms with Crippen LogP contribution in [0.1, 0.15) is 11.1 Å². The Morgan fingerprint density at radius 3 is 2.39 bits per heavy atom. The summed E-state index contributed by atoms with van der Waals surface area (Å²) in [5, 5.41) is 13.2. The van der Waals surface area contributed by atoms with Gasteiger partial charge >= 0.3 is 6.03 Å². The van der Waals surface area contributed by atoms with Crippen LogP contribution in [-0.2, 0) is 16.2 Å². The molecule has 0 aromatic heterocycles. The number of urea groups is 1. The average Bonchev–Trinajstić information content (AvgIpc) is 2.82. The summed E-state index contributed by atoms with van der Waals surface area (Å²) in [6.07, 6.45) is 1.27. The lowest BCUT2D eigenvalue weighted by Crippen LogP contribution is -2.54. The number of hydrogen-bond donors (Lipinski definition) is 1. The van der Waals surface area contributed by atoms with Gasteiger partial charge < -0.3 is 4.74 Å². The van der Waals surface area contributed by atoms with Crippen molar-refractivity contribution in [3.63, 3.8) is 0 Å². The predicted octanol–water partition coefficient (Wildman–Crippen LogP) is 5.50. The number of benzene rings is 3. The molecule has 0 unspecified atom stereocenters. The molecule has 9 nitrogen and oxygen atoms in total. The van der Waals surface area contributed by atoms with E-state index in [1.165, 1.54) is 30.3 Å². The summed E-state index contributed by atoms with van der Waals surface area (Å²) in [4.78, 5) is 49.0. The van der Waals surface area contributed by atoms with Gasteiger partial charge in [-0.3, -0.25) is 25.0 Å². The third-order valence-electron chi connectivity index (χ3n) is 5.06. The van der Waals surface area contributed by atoms with Crippen molar-refractivity contribution in [3.05, 3.63) is 102 Å². The topological polar surface area (TPSA) is 119 Å². The van der Waals surface area contributed by atoms with Gasteiger partial charge in [0.25, 0.3) is 17.5 Å². The average molecular weight is 619 g/mol. The van der Waals surface area contributed by atoms with Crippen LogP contribution in [0.25, 0.3) is 6.08 Å². The van der Waals surface area contributed by atoms with E-state index in [1.807, 2.05) is 0 Å². The second-order valence-corrected chi connectivity index (χ2v) is 9.14. The SMILES string of the molecule is O=C1NC(=O)N(c2cccc([N+](=O)[O-])c2)C(=O)/C1=C/c1cc(Br)c(OCc2ccccc2F)c(Br)c1. The van der Waals surface area contributed by atoms with Gasteiger partial charge in [-0.25, -0.2) is 14.1 Å². The fourth-order valence-electron chi connectivity index (χ4n) is 3.37. The van der Waals surface area contributed by atoms with Gasteiger partial charge in [-0.1, -0.05) is 24.3 Å². The van der Waals surface area contributed by atoms with Crippen molar-refractivity contribution in [2.75, 3.05) is 4.90 Å². The van der Waals surface area contributed by atoms with Gasteiger partial charge in [-0.15, -0.1) is 0 Å². The summed E-state index contributed by atoms with van der Waals surface area (Å²) in [7, 11) is 0. The Morgan fingerprint density at radius 2 is 1.72 bits per heavy atom. The third-order valence-corrected chi connectivity index (χ3v) is 6.24. The number of nitrogens with zero attached hydrogens (tertiary/aromatic N) is 2. The summed E-state index contributed by atoms with van der Waals surface area (Å²) in [6.45, 7) is -0.0362. The number of nitrogens with one attached hydrogen (secondary N) is 1. The molecule has 36 heavy (non-hydrogen) atoms. The molecule has 12 heteroatoms. The Labute approximate surface area is 220 Å². The first-order chi connectivity index (χ1) is 17.2. The number of halogens is 3. The molecule has 0 saturated carbocycles. The lowest BCUT2D eigenvalue weighted by atomic mass is 10.1. The minimum Gasteiger partial charge on any atom is -0.486 e. The summed E-state index contributed by atoms with van der Waals surface area (Å²) in [5.41, 5.74) is 0.00959. The molecule has 0 radical (unpaired) electrons. The van der Waals surface area contributed by atoms with E-state index < -0.39 is 28.6 Å². The zero-order chi connectivity index (χ0) is 26.0. The number of barbiturate groups is 1. The molecule has 1 fully saturated rings. The van der Waals surface area contributed by atoms with Crippen LogP contribution >= 0.6 is 31.9 Å². The molecule has 0 bridgehead atoms. The van der Waals surface area contributed by atoms with Crippen molar-refractivity contribution < 1.29 is 28.4 Å². The van der Waals surface area contributed by atoms with Crippen molar-refractivity contribution >= 4 is 67.2 Å². The number of imide groups is 2. The van der Waals surface area contributed by atoms with E-state index in [9.17, 15) is 28.9 Å². The van der Waals surface area contributed by atoms with E-state index in [4.69, 9.17) is 4.74 Å². The van der Waals surface area contributed by atoms with Gasteiger partial charge in [0, 0.05) is 17.7 Å². The summed E-state index contributed by atoms with van der Waals surface area (Å²) in [5.74, 6) is -1.90. The number of hydrogen-bond acceptors (Lipinski definition) is 6. The van der Waals surface area contributed by atoms with Crippen LogP contribution in [0, 0.1) is 15.9 Å². The summed E-state index contributed by atoms with van der Waals surface area (Å²) < 4.78 is 20.5.